The fourth-order valence-electron chi connectivity index (χ4n) is 2.39. The van der Waals surface area contributed by atoms with Crippen molar-refractivity contribution in [3.8, 4) is 28.5 Å². The van der Waals surface area contributed by atoms with Crippen LogP contribution in [0.4, 0.5) is 10.8 Å². The van der Waals surface area contributed by atoms with E-state index in [1.54, 1.807) is 14.2 Å². The quantitative estimate of drug-likeness (QED) is 0.648. The van der Waals surface area contributed by atoms with E-state index in [2.05, 4.69) is 10.3 Å². The van der Waals surface area contributed by atoms with E-state index in [9.17, 15) is 0 Å². The van der Waals surface area contributed by atoms with Crippen molar-refractivity contribution in [2.75, 3.05) is 26.1 Å². The van der Waals surface area contributed by atoms with Crippen molar-refractivity contribution in [3.63, 3.8) is 0 Å². The van der Waals surface area contributed by atoms with E-state index < -0.39 is 0 Å². The third-order valence-corrected chi connectivity index (χ3v) is 4.36. The summed E-state index contributed by atoms with van der Waals surface area (Å²) in [5, 5.41) is 6.11. The van der Waals surface area contributed by atoms with Crippen LogP contribution in [-0.2, 0) is 0 Å². The van der Waals surface area contributed by atoms with Gasteiger partial charge in [-0.25, -0.2) is 4.98 Å². The molecule has 3 rings (SSSR count). The highest BCUT2D eigenvalue weighted by atomic mass is 32.1. The highest BCUT2D eigenvalue weighted by molar-refractivity contribution is 7.14. The van der Waals surface area contributed by atoms with Gasteiger partial charge in [0.2, 0.25) is 0 Å². The molecule has 25 heavy (non-hydrogen) atoms. The molecule has 0 saturated carbocycles. The Bertz CT molecular complexity index is 831. The van der Waals surface area contributed by atoms with Crippen LogP contribution in [-0.4, -0.2) is 25.8 Å². The van der Waals surface area contributed by atoms with Crippen LogP contribution in [0.15, 0.2) is 47.8 Å². The van der Waals surface area contributed by atoms with E-state index in [1.807, 2.05) is 54.8 Å². The minimum absolute atomic E-state index is 0.658. The molecular weight excluding hydrogens is 336 g/mol. The molecular formula is C19H20N2O3S. The number of aromatic nitrogens is 1. The van der Waals surface area contributed by atoms with Crippen LogP contribution >= 0.6 is 11.3 Å². The Labute approximate surface area is 151 Å². The van der Waals surface area contributed by atoms with Gasteiger partial charge in [0.1, 0.15) is 17.2 Å². The zero-order chi connectivity index (χ0) is 17.6. The number of methoxy groups -OCH3 is 2. The number of thiazole rings is 1. The predicted octanol–water partition coefficient (Wildman–Crippen LogP) is 4.97. The second-order valence-electron chi connectivity index (χ2n) is 5.19. The monoisotopic (exact) mass is 356 g/mol. The smallest absolute Gasteiger partial charge is 0.187 e. The minimum atomic E-state index is 0.658. The average molecular weight is 356 g/mol. The number of hydrogen-bond donors (Lipinski definition) is 1. The molecule has 0 aliphatic rings. The van der Waals surface area contributed by atoms with Gasteiger partial charge < -0.3 is 19.5 Å². The molecule has 0 aliphatic heterocycles. The second-order valence-corrected chi connectivity index (χ2v) is 6.04. The summed E-state index contributed by atoms with van der Waals surface area (Å²) in [6, 6.07) is 13.5. The molecule has 6 heteroatoms. The summed E-state index contributed by atoms with van der Waals surface area (Å²) in [5.41, 5.74) is 2.70. The van der Waals surface area contributed by atoms with Gasteiger partial charge in [0.25, 0.3) is 0 Å². The van der Waals surface area contributed by atoms with E-state index in [-0.39, 0.29) is 0 Å². The molecule has 0 unspecified atom stereocenters. The number of ether oxygens (including phenoxy) is 3. The molecule has 3 aromatic rings. The maximum absolute atomic E-state index is 5.45. The molecule has 0 saturated heterocycles. The lowest BCUT2D eigenvalue weighted by Gasteiger charge is -2.08. The van der Waals surface area contributed by atoms with Crippen LogP contribution in [0.1, 0.15) is 6.92 Å². The molecule has 1 heterocycles. The van der Waals surface area contributed by atoms with Gasteiger partial charge in [-0.2, -0.15) is 0 Å². The second kappa shape index (κ2) is 7.90. The maximum atomic E-state index is 5.45. The van der Waals surface area contributed by atoms with Gasteiger partial charge in [0.05, 0.1) is 26.5 Å². The van der Waals surface area contributed by atoms with Crippen molar-refractivity contribution in [1.29, 1.82) is 0 Å². The third kappa shape index (κ3) is 4.03. The Morgan fingerprint density at radius 3 is 2.44 bits per heavy atom. The van der Waals surface area contributed by atoms with Crippen molar-refractivity contribution >= 4 is 22.2 Å². The molecule has 2 aromatic carbocycles. The van der Waals surface area contributed by atoms with Crippen molar-refractivity contribution in [1.82, 2.24) is 4.98 Å². The van der Waals surface area contributed by atoms with Crippen LogP contribution in [0, 0.1) is 0 Å². The SMILES string of the molecule is CCOc1ccc(Nc2nc(-c3cc(OC)ccc3OC)cs2)cc1. The van der Waals surface area contributed by atoms with Crippen molar-refractivity contribution in [2.24, 2.45) is 0 Å². The van der Waals surface area contributed by atoms with Crippen molar-refractivity contribution in [2.45, 2.75) is 6.92 Å². The molecule has 0 fully saturated rings. The molecule has 0 radical (unpaired) electrons. The van der Waals surface area contributed by atoms with Gasteiger partial charge in [-0.15, -0.1) is 11.3 Å². The lowest BCUT2D eigenvalue weighted by molar-refractivity contribution is 0.340. The minimum Gasteiger partial charge on any atom is -0.497 e. The molecule has 5 nitrogen and oxygen atoms in total. The van der Waals surface area contributed by atoms with Crippen LogP contribution in [0.25, 0.3) is 11.3 Å². The number of benzene rings is 2. The highest BCUT2D eigenvalue weighted by Crippen LogP contribution is 2.35. The average Bonchev–Trinajstić information content (AvgIpc) is 3.11. The highest BCUT2D eigenvalue weighted by Gasteiger charge is 2.12. The zero-order valence-corrected chi connectivity index (χ0v) is 15.2. The molecule has 0 atom stereocenters. The largest absolute Gasteiger partial charge is 0.497 e. The zero-order valence-electron chi connectivity index (χ0n) is 14.4. The number of rotatable bonds is 7. The Kier molecular flexibility index (Phi) is 5.40. The van der Waals surface area contributed by atoms with Crippen LogP contribution < -0.4 is 19.5 Å². The fourth-order valence-corrected chi connectivity index (χ4v) is 3.12. The summed E-state index contributed by atoms with van der Waals surface area (Å²) >= 11 is 1.54. The summed E-state index contributed by atoms with van der Waals surface area (Å²) in [7, 11) is 3.29. The summed E-state index contributed by atoms with van der Waals surface area (Å²) in [4.78, 5) is 4.66. The van der Waals surface area contributed by atoms with E-state index in [0.29, 0.717) is 6.61 Å². The van der Waals surface area contributed by atoms with Gasteiger partial charge in [0.15, 0.2) is 5.13 Å². The van der Waals surface area contributed by atoms with Gasteiger partial charge >= 0.3 is 0 Å². The first-order valence-electron chi connectivity index (χ1n) is 7.91. The van der Waals surface area contributed by atoms with Crippen LogP contribution in [0.5, 0.6) is 17.2 Å². The summed E-state index contributed by atoms with van der Waals surface area (Å²) in [6.07, 6.45) is 0. The first-order valence-corrected chi connectivity index (χ1v) is 8.79. The van der Waals surface area contributed by atoms with Crippen LogP contribution in [0.3, 0.4) is 0 Å². The Balaban J connectivity index is 1.80. The van der Waals surface area contributed by atoms with Gasteiger partial charge in [-0.3, -0.25) is 0 Å². The summed E-state index contributed by atoms with van der Waals surface area (Å²) < 4.78 is 16.2. The first-order chi connectivity index (χ1) is 12.2. The lowest BCUT2D eigenvalue weighted by atomic mass is 10.1. The van der Waals surface area contributed by atoms with Gasteiger partial charge in [0, 0.05) is 16.6 Å². The van der Waals surface area contributed by atoms with E-state index >= 15 is 0 Å². The molecule has 0 amide bonds. The predicted molar refractivity (Wildman–Crippen MR) is 102 cm³/mol. The Morgan fingerprint density at radius 2 is 1.76 bits per heavy atom. The third-order valence-electron chi connectivity index (χ3n) is 3.60. The molecule has 1 aromatic heterocycles. The van der Waals surface area contributed by atoms with Crippen LogP contribution in [0.2, 0.25) is 0 Å². The summed E-state index contributed by atoms with van der Waals surface area (Å²) in [6.45, 7) is 2.63. The summed E-state index contributed by atoms with van der Waals surface area (Å²) in [5.74, 6) is 2.39. The first kappa shape index (κ1) is 17.1. The normalized spacial score (nSPS) is 10.4. The maximum Gasteiger partial charge on any atom is 0.187 e. The molecule has 1 N–H and O–H groups in total. The Hall–Kier alpha value is -2.73. The fraction of sp³-hybridized carbons (Fsp3) is 0.211. The standard InChI is InChI=1S/C19H20N2O3S/c1-4-24-14-7-5-13(6-8-14)20-19-21-17(12-25-19)16-11-15(22-2)9-10-18(16)23-3/h5-12H,4H2,1-3H3,(H,20,21). The molecule has 130 valence electrons. The number of anilines is 2. The van der Waals surface area contributed by atoms with E-state index in [1.165, 1.54) is 11.3 Å². The topological polar surface area (TPSA) is 52.6 Å². The number of nitrogens with one attached hydrogen (secondary N) is 1. The van der Waals surface area contributed by atoms with Gasteiger partial charge in [-0.1, -0.05) is 0 Å². The van der Waals surface area contributed by atoms with Gasteiger partial charge in [-0.05, 0) is 49.4 Å². The molecule has 0 bridgehead atoms. The van der Waals surface area contributed by atoms with Crippen molar-refractivity contribution in [3.05, 3.63) is 47.8 Å². The Morgan fingerprint density at radius 1 is 1.00 bits per heavy atom. The molecule has 0 spiro atoms. The number of nitrogens with zero attached hydrogens (tertiary/aromatic N) is 1. The van der Waals surface area contributed by atoms with Crippen molar-refractivity contribution < 1.29 is 14.2 Å². The lowest BCUT2D eigenvalue weighted by Crippen LogP contribution is -1.93. The molecule has 0 aliphatic carbocycles. The van der Waals surface area contributed by atoms with E-state index in [4.69, 9.17) is 14.2 Å². The van der Waals surface area contributed by atoms with E-state index in [0.717, 1.165) is 39.3 Å². The number of hydrogen-bond acceptors (Lipinski definition) is 6.